The van der Waals surface area contributed by atoms with E-state index in [1.54, 1.807) is 21.3 Å². The minimum atomic E-state index is -0.104. The summed E-state index contributed by atoms with van der Waals surface area (Å²) < 4.78 is 17.1. The van der Waals surface area contributed by atoms with Crippen LogP contribution >= 0.6 is 0 Å². The minimum Gasteiger partial charge on any atom is -0.384 e. The summed E-state index contributed by atoms with van der Waals surface area (Å²) in [5.74, 6) is 0.603. The third-order valence-corrected chi connectivity index (χ3v) is 4.86. The molecule has 0 aromatic carbocycles. The molecular weight excluding hydrogens is 240 g/mol. The van der Waals surface area contributed by atoms with Gasteiger partial charge in [-0.15, -0.1) is 0 Å². The second-order valence-corrected chi connectivity index (χ2v) is 5.72. The second-order valence-electron chi connectivity index (χ2n) is 5.72. The van der Waals surface area contributed by atoms with Crippen LogP contribution in [-0.4, -0.2) is 34.0 Å². The topological polar surface area (TPSA) is 27.7 Å². The molecular formula is C16H27O3. The summed E-state index contributed by atoms with van der Waals surface area (Å²) in [6, 6.07) is 0. The Kier molecular flexibility index (Phi) is 5.43. The van der Waals surface area contributed by atoms with Crippen molar-refractivity contribution in [3.05, 3.63) is 18.3 Å². The van der Waals surface area contributed by atoms with Crippen molar-refractivity contribution in [3.8, 4) is 0 Å². The fraction of sp³-hybridized carbons (Fsp3) is 0.812. The van der Waals surface area contributed by atoms with Crippen LogP contribution in [-0.2, 0) is 14.2 Å². The predicted octanol–water partition coefficient (Wildman–Crippen LogP) is 3.35. The largest absolute Gasteiger partial charge is 0.384 e. The zero-order valence-electron chi connectivity index (χ0n) is 12.5. The smallest absolute Gasteiger partial charge is 0.112 e. The van der Waals surface area contributed by atoms with Gasteiger partial charge >= 0.3 is 0 Å². The molecule has 2 atom stereocenters. The van der Waals surface area contributed by atoms with Gasteiger partial charge in [-0.2, -0.15) is 0 Å². The molecule has 19 heavy (non-hydrogen) atoms. The SMILES string of the molecule is COCC1(C2CCCCC2)[C](OC)CC=CC1OC. The average molecular weight is 267 g/mol. The zero-order chi connectivity index (χ0) is 13.7. The Bertz CT molecular complexity index is 296. The molecule has 2 aliphatic rings. The molecule has 2 aliphatic carbocycles. The standard InChI is InChI=1S/C16H27O3/c1-17-12-16(13-8-5-4-6-9-13)14(18-2)10-7-11-15(16)19-3/h7,10,13-14H,4-6,8-9,11-12H2,1-3H3. The Morgan fingerprint density at radius 2 is 1.89 bits per heavy atom. The third-order valence-electron chi connectivity index (χ3n) is 4.86. The van der Waals surface area contributed by atoms with E-state index in [0.717, 1.165) is 12.5 Å². The monoisotopic (exact) mass is 267 g/mol. The van der Waals surface area contributed by atoms with Crippen LogP contribution < -0.4 is 0 Å². The molecule has 3 nitrogen and oxygen atoms in total. The van der Waals surface area contributed by atoms with E-state index in [-0.39, 0.29) is 11.5 Å². The predicted molar refractivity (Wildman–Crippen MR) is 75.7 cm³/mol. The molecule has 2 unspecified atom stereocenters. The van der Waals surface area contributed by atoms with Gasteiger partial charge in [-0.25, -0.2) is 0 Å². The van der Waals surface area contributed by atoms with Crippen molar-refractivity contribution in [2.24, 2.45) is 11.3 Å². The van der Waals surface area contributed by atoms with E-state index < -0.39 is 0 Å². The van der Waals surface area contributed by atoms with Crippen LogP contribution in [0.25, 0.3) is 0 Å². The van der Waals surface area contributed by atoms with E-state index in [0.29, 0.717) is 12.5 Å². The van der Waals surface area contributed by atoms with Crippen molar-refractivity contribution in [2.45, 2.75) is 44.6 Å². The first-order chi connectivity index (χ1) is 9.29. The lowest BCUT2D eigenvalue weighted by Crippen LogP contribution is -2.52. The lowest BCUT2D eigenvalue weighted by atomic mass is 9.60. The van der Waals surface area contributed by atoms with Gasteiger partial charge in [0.1, 0.15) is 6.10 Å². The third kappa shape index (κ3) is 2.74. The summed E-state index contributed by atoms with van der Waals surface area (Å²) in [4.78, 5) is 0. The van der Waals surface area contributed by atoms with Crippen molar-refractivity contribution in [3.63, 3.8) is 0 Å². The molecule has 0 N–H and O–H groups in total. The van der Waals surface area contributed by atoms with Gasteiger partial charge in [-0.05, 0) is 25.2 Å². The molecule has 1 saturated carbocycles. The highest BCUT2D eigenvalue weighted by Gasteiger charge is 2.53. The number of ether oxygens (including phenoxy) is 3. The molecule has 1 radical (unpaired) electrons. The van der Waals surface area contributed by atoms with Crippen LogP contribution in [0.15, 0.2) is 12.2 Å². The lowest BCUT2D eigenvalue weighted by Gasteiger charge is -2.50. The van der Waals surface area contributed by atoms with E-state index in [1.807, 2.05) is 0 Å². The van der Waals surface area contributed by atoms with Gasteiger partial charge in [0, 0.05) is 21.3 Å². The Labute approximate surface area is 117 Å². The first kappa shape index (κ1) is 15.0. The van der Waals surface area contributed by atoms with E-state index >= 15 is 0 Å². The van der Waals surface area contributed by atoms with Gasteiger partial charge < -0.3 is 14.2 Å². The molecule has 0 saturated heterocycles. The molecule has 3 heteroatoms. The molecule has 0 bridgehead atoms. The first-order valence-corrected chi connectivity index (χ1v) is 7.38. The highest BCUT2D eigenvalue weighted by Crippen LogP contribution is 2.52. The van der Waals surface area contributed by atoms with E-state index in [1.165, 1.54) is 32.1 Å². The fourth-order valence-electron chi connectivity index (χ4n) is 3.98. The van der Waals surface area contributed by atoms with Crippen LogP contribution in [0.5, 0.6) is 0 Å². The molecule has 0 aromatic heterocycles. The quantitative estimate of drug-likeness (QED) is 0.715. The maximum atomic E-state index is 5.78. The molecule has 109 valence electrons. The Balaban J connectivity index is 2.33. The van der Waals surface area contributed by atoms with Crippen molar-refractivity contribution < 1.29 is 14.2 Å². The zero-order valence-corrected chi connectivity index (χ0v) is 12.5. The van der Waals surface area contributed by atoms with Gasteiger partial charge in [-0.3, -0.25) is 0 Å². The number of rotatable bonds is 5. The summed E-state index contributed by atoms with van der Waals surface area (Å²) in [5, 5.41) is 0. The molecule has 0 aliphatic heterocycles. The minimum absolute atomic E-state index is 0.0687. The molecule has 0 amide bonds. The van der Waals surface area contributed by atoms with Gasteiger partial charge in [-0.1, -0.05) is 31.4 Å². The molecule has 1 fully saturated rings. The maximum Gasteiger partial charge on any atom is 0.112 e. The number of methoxy groups -OCH3 is 3. The van der Waals surface area contributed by atoms with Crippen LogP contribution in [0.1, 0.15) is 38.5 Å². The molecule has 0 spiro atoms. The fourth-order valence-corrected chi connectivity index (χ4v) is 3.98. The highest BCUT2D eigenvalue weighted by molar-refractivity contribution is 5.20. The van der Waals surface area contributed by atoms with Crippen LogP contribution in [0.2, 0.25) is 0 Å². The maximum absolute atomic E-state index is 5.78. The number of hydrogen-bond donors (Lipinski definition) is 0. The Morgan fingerprint density at radius 1 is 1.16 bits per heavy atom. The molecule has 0 heterocycles. The van der Waals surface area contributed by atoms with Crippen LogP contribution in [0, 0.1) is 17.4 Å². The summed E-state index contributed by atoms with van der Waals surface area (Å²) >= 11 is 0. The van der Waals surface area contributed by atoms with Crippen molar-refractivity contribution in [1.82, 2.24) is 0 Å². The normalized spacial score (nSPS) is 33.7. The average Bonchev–Trinajstić information content (AvgIpc) is 2.48. The van der Waals surface area contributed by atoms with Gasteiger partial charge in [0.2, 0.25) is 0 Å². The first-order valence-electron chi connectivity index (χ1n) is 7.38. The Morgan fingerprint density at radius 3 is 2.47 bits per heavy atom. The van der Waals surface area contributed by atoms with Gasteiger partial charge in [0.25, 0.3) is 0 Å². The highest BCUT2D eigenvalue weighted by atomic mass is 16.5. The summed E-state index contributed by atoms with van der Waals surface area (Å²) in [6.45, 7) is 0.684. The van der Waals surface area contributed by atoms with Crippen molar-refractivity contribution >= 4 is 0 Å². The van der Waals surface area contributed by atoms with Crippen LogP contribution in [0.3, 0.4) is 0 Å². The number of hydrogen-bond acceptors (Lipinski definition) is 3. The Hall–Kier alpha value is -0.380. The summed E-state index contributed by atoms with van der Waals surface area (Å²) in [6.07, 6.45) is 12.9. The van der Waals surface area contributed by atoms with E-state index in [9.17, 15) is 0 Å². The van der Waals surface area contributed by atoms with Crippen molar-refractivity contribution in [1.29, 1.82) is 0 Å². The second kappa shape index (κ2) is 6.87. The molecule has 2 rings (SSSR count). The summed E-state index contributed by atoms with van der Waals surface area (Å²) in [7, 11) is 5.36. The van der Waals surface area contributed by atoms with E-state index in [4.69, 9.17) is 14.2 Å². The van der Waals surface area contributed by atoms with Crippen LogP contribution in [0.4, 0.5) is 0 Å². The molecule has 0 aromatic rings. The van der Waals surface area contributed by atoms with E-state index in [2.05, 4.69) is 12.2 Å². The van der Waals surface area contributed by atoms with Gasteiger partial charge in [0.05, 0.1) is 18.1 Å². The van der Waals surface area contributed by atoms with Crippen molar-refractivity contribution in [2.75, 3.05) is 27.9 Å². The summed E-state index contributed by atoms with van der Waals surface area (Å²) in [5.41, 5.74) is -0.104. The lowest BCUT2D eigenvalue weighted by molar-refractivity contribution is -0.111. The van der Waals surface area contributed by atoms with Gasteiger partial charge in [0.15, 0.2) is 0 Å².